The van der Waals surface area contributed by atoms with Gasteiger partial charge in [0.2, 0.25) is 0 Å². The molecule has 0 aromatic carbocycles. The van der Waals surface area contributed by atoms with Gasteiger partial charge in [0.15, 0.2) is 0 Å². The second kappa shape index (κ2) is 4.45. The third-order valence-corrected chi connectivity index (χ3v) is 4.18. The summed E-state index contributed by atoms with van der Waals surface area (Å²) in [6.45, 7) is 2.27. The Kier molecular flexibility index (Phi) is 3.24. The molecule has 1 heterocycles. The van der Waals surface area contributed by atoms with E-state index >= 15 is 0 Å². The van der Waals surface area contributed by atoms with Crippen molar-refractivity contribution < 1.29 is 5.11 Å². The molecule has 1 saturated carbocycles. The van der Waals surface area contributed by atoms with Gasteiger partial charge in [0.05, 0.1) is 6.10 Å². The molecule has 1 aliphatic rings. The van der Waals surface area contributed by atoms with E-state index in [-0.39, 0.29) is 6.10 Å². The predicted molar refractivity (Wildman–Crippen MR) is 60.5 cm³/mol. The van der Waals surface area contributed by atoms with Crippen LogP contribution in [0.1, 0.15) is 31.7 Å². The molecular weight excluding hydrogens is 192 g/mol. The van der Waals surface area contributed by atoms with E-state index in [9.17, 15) is 5.11 Å². The first-order valence-corrected chi connectivity index (χ1v) is 6.41. The van der Waals surface area contributed by atoms with Gasteiger partial charge in [-0.1, -0.05) is 19.8 Å². The summed E-state index contributed by atoms with van der Waals surface area (Å²) < 4.78 is 0. The van der Waals surface area contributed by atoms with E-state index in [0.29, 0.717) is 11.8 Å². The molecule has 0 saturated heterocycles. The number of aliphatic hydroxyl groups excluding tert-OH is 1. The van der Waals surface area contributed by atoms with E-state index in [1.165, 1.54) is 24.8 Å². The second-order valence-electron chi connectivity index (χ2n) is 4.48. The number of hydrogen-bond donors (Lipinski definition) is 1. The molecule has 1 aliphatic carbocycles. The Bertz CT molecular complexity index is 268. The molecule has 0 bridgehead atoms. The number of aliphatic hydroxyl groups is 1. The Morgan fingerprint density at radius 1 is 1.57 bits per heavy atom. The second-order valence-corrected chi connectivity index (χ2v) is 5.26. The summed E-state index contributed by atoms with van der Waals surface area (Å²) in [4.78, 5) is 0. The van der Waals surface area contributed by atoms with Gasteiger partial charge in [0, 0.05) is 0 Å². The summed E-state index contributed by atoms with van der Waals surface area (Å²) in [6, 6.07) is 2.12. The highest BCUT2D eigenvalue weighted by Gasteiger charge is 2.29. The summed E-state index contributed by atoms with van der Waals surface area (Å²) in [5.74, 6) is 1.25. The average molecular weight is 210 g/mol. The van der Waals surface area contributed by atoms with Crippen LogP contribution < -0.4 is 0 Å². The molecule has 2 heteroatoms. The Hall–Kier alpha value is -0.340. The molecular formula is C12H18OS. The van der Waals surface area contributed by atoms with Crippen LogP contribution in [0.25, 0.3) is 0 Å². The monoisotopic (exact) mass is 210 g/mol. The predicted octanol–water partition coefficient (Wildman–Crippen LogP) is 3.09. The lowest BCUT2D eigenvalue weighted by atomic mass is 9.89. The van der Waals surface area contributed by atoms with Crippen molar-refractivity contribution in [2.75, 3.05) is 0 Å². The van der Waals surface area contributed by atoms with Gasteiger partial charge in [0.1, 0.15) is 0 Å². The average Bonchev–Trinajstić information content (AvgIpc) is 2.75. The van der Waals surface area contributed by atoms with Crippen molar-refractivity contribution >= 4 is 11.3 Å². The largest absolute Gasteiger partial charge is 0.392 e. The lowest BCUT2D eigenvalue weighted by Gasteiger charge is -2.21. The summed E-state index contributed by atoms with van der Waals surface area (Å²) in [5, 5.41) is 14.3. The quantitative estimate of drug-likeness (QED) is 0.813. The SMILES string of the molecule is CC1CCCC1C(O)Cc1ccsc1. The molecule has 0 amide bonds. The summed E-state index contributed by atoms with van der Waals surface area (Å²) >= 11 is 1.71. The Labute approximate surface area is 89.8 Å². The van der Waals surface area contributed by atoms with Gasteiger partial charge in [-0.05, 0) is 47.1 Å². The van der Waals surface area contributed by atoms with Gasteiger partial charge in [0.25, 0.3) is 0 Å². The summed E-state index contributed by atoms with van der Waals surface area (Å²) in [7, 11) is 0. The number of hydrogen-bond acceptors (Lipinski definition) is 2. The van der Waals surface area contributed by atoms with Crippen molar-refractivity contribution in [2.24, 2.45) is 11.8 Å². The van der Waals surface area contributed by atoms with Crippen LogP contribution in [-0.2, 0) is 6.42 Å². The van der Waals surface area contributed by atoms with Crippen LogP contribution in [0.3, 0.4) is 0 Å². The van der Waals surface area contributed by atoms with E-state index in [4.69, 9.17) is 0 Å². The van der Waals surface area contributed by atoms with Gasteiger partial charge in [-0.3, -0.25) is 0 Å². The third-order valence-electron chi connectivity index (χ3n) is 3.45. The highest BCUT2D eigenvalue weighted by atomic mass is 32.1. The zero-order valence-electron chi connectivity index (χ0n) is 8.65. The van der Waals surface area contributed by atoms with Crippen LogP contribution in [0, 0.1) is 11.8 Å². The molecule has 3 atom stereocenters. The molecule has 78 valence electrons. The fourth-order valence-electron chi connectivity index (χ4n) is 2.55. The minimum atomic E-state index is -0.123. The van der Waals surface area contributed by atoms with E-state index in [0.717, 1.165) is 6.42 Å². The minimum absolute atomic E-state index is 0.123. The molecule has 0 aliphatic heterocycles. The lowest BCUT2D eigenvalue weighted by molar-refractivity contribution is 0.0902. The highest BCUT2D eigenvalue weighted by molar-refractivity contribution is 7.07. The van der Waals surface area contributed by atoms with Crippen LogP contribution in [0.4, 0.5) is 0 Å². The Balaban J connectivity index is 1.92. The van der Waals surface area contributed by atoms with Crippen molar-refractivity contribution in [3.8, 4) is 0 Å². The van der Waals surface area contributed by atoms with Crippen molar-refractivity contribution in [1.82, 2.24) is 0 Å². The van der Waals surface area contributed by atoms with Crippen molar-refractivity contribution in [2.45, 2.75) is 38.7 Å². The van der Waals surface area contributed by atoms with Crippen LogP contribution in [0.15, 0.2) is 16.8 Å². The third kappa shape index (κ3) is 2.18. The van der Waals surface area contributed by atoms with Crippen molar-refractivity contribution in [1.29, 1.82) is 0 Å². The van der Waals surface area contributed by atoms with E-state index in [1.54, 1.807) is 11.3 Å². The van der Waals surface area contributed by atoms with Gasteiger partial charge in [-0.25, -0.2) is 0 Å². The fourth-order valence-corrected chi connectivity index (χ4v) is 3.23. The van der Waals surface area contributed by atoms with E-state index in [2.05, 4.69) is 23.8 Å². The van der Waals surface area contributed by atoms with Gasteiger partial charge >= 0.3 is 0 Å². The van der Waals surface area contributed by atoms with Gasteiger partial charge < -0.3 is 5.11 Å². The molecule has 1 fully saturated rings. The first kappa shape index (κ1) is 10.2. The first-order chi connectivity index (χ1) is 6.77. The minimum Gasteiger partial charge on any atom is -0.392 e. The maximum Gasteiger partial charge on any atom is 0.0611 e. The van der Waals surface area contributed by atoms with Gasteiger partial charge in [-0.2, -0.15) is 11.3 Å². The smallest absolute Gasteiger partial charge is 0.0611 e. The van der Waals surface area contributed by atoms with E-state index in [1.807, 2.05) is 0 Å². The fraction of sp³-hybridized carbons (Fsp3) is 0.667. The van der Waals surface area contributed by atoms with Crippen LogP contribution >= 0.6 is 11.3 Å². The summed E-state index contributed by atoms with van der Waals surface area (Å²) in [6.07, 6.45) is 4.53. The van der Waals surface area contributed by atoms with Crippen LogP contribution in [-0.4, -0.2) is 11.2 Å². The van der Waals surface area contributed by atoms with Crippen LogP contribution in [0.5, 0.6) is 0 Å². The number of rotatable bonds is 3. The lowest BCUT2D eigenvalue weighted by Crippen LogP contribution is -2.24. The molecule has 0 radical (unpaired) electrons. The Morgan fingerprint density at radius 2 is 2.43 bits per heavy atom. The molecule has 2 rings (SSSR count). The maximum atomic E-state index is 10.1. The topological polar surface area (TPSA) is 20.2 Å². The van der Waals surface area contributed by atoms with Crippen molar-refractivity contribution in [3.05, 3.63) is 22.4 Å². The molecule has 1 N–H and O–H groups in total. The van der Waals surface area contributed by atoms with Gasteiger partial charge in [-0.15, -0.1) is 0 Å². The highest BCUT2D eigenvalue weighted by Crippen LogP contribution is 2.34. The van der Waals surface area contributed by atoms with Crippen LogP contribution in [0.2, 0.25) is 0 Å². The molecule has 1 nitrogen and oxygen atoms in total. The molecule has 1 aromatic heterocycles. The molecule has 14 heavy (non-hydrogen) atoms. The van der Waals surface area contributed by atoms with Crippen molar-refractivity contribution in [3.63, 3.8) is 0 Å². The Morgan fingerprint density at radius 3 is 3.00 bits per heavy atom. The van der Waals surface area contributed by atoms with E-state index < -0.39 is 0 Å². The molecule has 1 aromatic rings. The zero-order valence-corrected chi connectivity index (χ0v) is 9.46. The standard InChI is InChI=1S/C12H18OS/c1-9-3-2-4-11(9)12(13)7-10-5-6-14-8-10/h5-6,8-9,11-13H,2-4,7H2,1H3. The number of thiophene rings is 1. The normalized spacial score (nSPS) is 29.3. The summed E-state index contributed by atoms with van der Waals surface area (Å²) in [5.41, 5.74) is 1.29. The maximum absolute atomic E-state index is 10.1. The first-order valence-electron chi connectivity index (χ1n) is 5.46. The molecule has 3 unspecified atom stereocenters. The molecule has 0 spiro atoms. The zero-order chi connectivity index (χ0) is 9.97.